The van der Waals surface area contributed by atoms with E-state index in [0.29, 0.717) is 33.3 Å². The normalized spacial score (nSPS) is 12.1. The summed E-state index contributed by atoms with van der Waals surface area (Å²) in [5.74, 6) is -0.955. The molecule has 0 saturated heterocycles. The molecule has 38 heavy (non-hydrogen) atoms. The Morgan fingerprint density at radius 2 is 1.58 bits per heavy atom. The lowest BCUT2D eigenvalue weighted by Gasteiger charge is -2.33. The minimum atomic E-state index is -4.13. The van der Waals surface area contributed by atoms with E-state index in [1.54, 1.807) is 62.4 Å². The molecule has 0 aliphatic heterocycles. The summed E-state index contributed by atoms with van der Waals surface area (Å²) < 4.78 is 28.8. The lowest BCUT2D eigenvalue weighted by molar-refractivity contribution is -0.140. The number of rotatable bonds is 10. The van der Waals surface area contributed by atoms with Gasteiger partial charge in [-0.1, -0.05) is 72.1 Å². The van der Waals surface area contributed by atoms with Gasteiger partial charge in [0.05, 0.1) is 10.6 Å². The van der Waals surface area contributed by atoms with Crippen molar-refractivity contribution in [3.05, 3.63) is 93.5 Å². The van der Waals surface area contributed by atoms with Gasteiger partial charge in [0.25, 0.3) is 10.0 Å². The van der Waals surface area contributed by atoms with Crippen LogP contribution in [0.15, 0.2) is 71.6 Å². The van der Waals surface area contributed by atoms with Gasteiger partial charge in [-0.2, -0.15) is 0 Å². The third kappa shape index (κ3) is 6.49. The molecule has 2 amide bonds. The van der Waals surface area contributed by atoms with Gasteiger partial charge in [0.1, 0.15) is 12.6 Å². The molecule has 1 N–H and O–H groups in total. The number of hydrogen-bond acceptors (Lipinski definition) is 4. The van der Waals surface area contributed by atoms with Crippen LogP contribution in [0, 0.1) is 13.8 Å². The Hall–Kier alpha value is -3.07. The molecule has 0 heterocycles. The summed E-state index contributed by atoms with van der Waals surface area (Å²) in [4.78, 5) is 28.2. The van der Waals surface area contributed by atoms with Crippen LogP contribution in [0.4, 0.5) is 5.69 Å². The van der Waals surface area contributed by atoms with Crippen LogP contribution >= 0.6 is 23.2 Å². The summed E-state index contributed by atoms with van der Waals surface area (Å²) in [5.41, 5.74) is 2.48. The quantitative estimate of drug-likeness (QED) is 0.352. The standard InChI is InChI=1S/C28H31Cl2N3O4S/c1-5-25(28(35)31-4)32(17-22-23(29)12-9-13-24(22)30)27(34)18-33(26-15-14-19(2)16-20(26)3)38(36,37)21-10-7-6-8-11-21/h6-16,25H,5,17-18H2,1-4H3,(H,31,35). The monoisotopic (exact) mass is 575 g/mol. The van der Waals surface area contributed by atoms with Crippen LogP contribution < -0.4 is 9.62 Å². The number of nitrogens with zero attached hydrogens (tertiary/aromatic N) is 2. The van der Waals surface area contributed by atoms with Gasteiger partial charge in [0.2, 0.25) is 11.8 Å². The number of nitrogens with one attached hydrogen (secondary N) is 1. The number of carbonyl (C=O) groups excluding carboxylic acids is 2. The van der Waals surface area contributed by atoms with Crippen LogP contribution in [-0.2, 0) is 26.2 Å². The highest BCUT2D eigenvalue weighted by Crippen LogP contribution is 2.30. The zero-order chi connectivity index (χ0) is 28.0. The van der Waals surface area contributed by atoms with Crippen LogP contribution in [0.5, 0.6) is 0 Å². The zero-order valence-corrected chi connectivity index (χ0v) is 24.1. The molecule has 202 valence electrons. The molecule has 1 atom stereocenters. The number of hydrogen-bond donors (Lipinski definition) is 1. The summed E-state index contributed by atoms with van der Waals surface area (Å²) in [7, 11) is -2.65. The minimum Gasteiger partial charge on any atom is -0.357 e. The number of likely N-dealkylation sites (N-methyl/N-ethyl adjacent to an activating group) is 1. The number of aryl methyl sites for hydroxylation is 2. The molecule has 0 bridgehead atoms. The number of benzene rings is 3. The maximum atomic E-state index is 14.0. The summed E-state index contributed by atoms with van der Waals surface area (Å²) in [6, 6.07) is 17.4. The first kappa shape index (κ1) is 29.5. The Morgan fingerprint density at radius 3 is 2.13 bits per heavy atom. The Kier molecular flexibility index (Phi) is 9.82. The second-order valence-electron chi connectivity index (χ2n) is 8.87. The predicted molar refractivity (Wildman–Crippen MR) is 152 cm³/mol. The van der Waals surface area contributed by atoms with Crippen molar-refractivity contribution < 1.29 is 18.0 Å². The van der Waals surface area contributed by atoms with Gasteiger partial charge in [-0.25, -0.2) is 8.42 Å². The van der Waals surface area contributed by atoms with Crippen molar-refractivity contribution in [3.8, 4) is 0 Å². The van der Waals surface area contributed by atoms with Gasteiger partial charge in [-0.05, 0) is 56.2 Å². The highest BCUT2D eigenvalue weighted by Gasteiger charge is 2.34. The number of anilines is 1. The first-order valence-electron chi connectivity index (χ1n) is 12.1. The van der Waals surface area contributed by atoms with Crippen molar-refractivity contribution in [2.24, 2.45) is 0 Å². The third-order valence-corrected chi connectivity index (χ3v) is 8.74. The molecule has 10 heteroatoms. The fourth-order valence-electron chi connectivity index (χ4n) is 4.26. The smallest absolute Gasteiger partial charge is 0.264 e. The molecule has 0 aliphatic rings. The molecule has 3 aromatic rings. The minimum absolute atomic E-state index is 0.0480. The lowest BCUT2D eigenvalue weighted by atomic mass is 10.1. The van der Waals surface area contributed by atoms with E-state index in [-0.39, 0.29) is 17.3 Å². The largest absolute Gasteiger partial charge is 0.357 e. The summed E-state index contributed by atoms with van der Waals surface area (Å²) in [6.07, 6.45) is 0.294. The first-order chi connectivity index (χ1) is 18.0. The van der Waals surface area contributed by atoms with Gasteiger partial charge in [-0.3, -0.25) is 13.9 Å². The molecule has 0 fully saturated rings. The van der Waals surface area contributed by atoms with Crippen molar-refractivity contribution >= 4 is 50.7 Å². The van der Waals surface area contributed by atoms with Gasteiger partial charge >= 0.3 is 0 Å². The van der Waals surface area contributed by atoms with Crippen LogP contribution in [0.1, 0.15) is 30.0 Å². The first-order valence-corrected chi connectivity index (χ1v) is 14.3. The molecule has 0 spiro atoms. The van der Waals surface area contributed by atoms with E-state index in [2.05, 4.69) is 5.32 Å². The van der Waals surface area contributed by atoms with E-state index < -0.39 is 28.5 Å². The average molecular weight is 577 g/mol. The number of carbonyl (C=O) groups is 2. The van der Waals surface area contributed by atoms with Crippen molar-refractivity contribution in [3.63, 3.8) is 0 Å². The maximum absolute atomic E-state index is 14.0. The summed E-state index contributed by atoms with van der Waals surface area (Å²) >= 11 is 12.8. The third-order valence-electron chi connectivity index (χ3n) is 6.25. The fraction of sp³-hybridized carbons (Fsp3) is 0.286. The lowest BCUT2D eigenvalue weighted by Crippen LogP contribution is -2.52. The predicted octanol–water partition coefficient (Wildman–Crippen LogP) is 5.36. The molecule has 3 rings (SSSR count). The Balaban J connectivity index is 2.12. The SMILES string of the molecule is CCC(C(=O)NC)N(Cc1c(Cl)cccc1Cl)C(=O)CN(c1ccc(C)cc1C)S(=O)(=O)c1ccccc1. The second kappa shape index (κ2) is 12.7. The maximum Gasteiger partial charge on any atom is 0.264 e. The molecule has 0 radical (unpaired) electrons. The van der Waals surface area contributed by atoms with Crippen LogP contribution in [0.25, 0.3) is 0 Å². The molecular weight excluding hydrogens is 545 g/mol. The van der Waals surface area contributed by atoms with Gasteiger partial charge in [0.15, 0.2) is 0 Å². The molecule has 0 aromatic heterocycles. The highest BCUT2D eigenvalue weighted by atomic mass is 35.5. The highest BCUT2D eigenvalue weighted by molar-refractivity contribution is 7.92. The van der Waals surface area contributed by atoms with E-state index in [9.17, 15) is 18.0 Å². The van der Waals surface area contributed by atoms with E-state index in [1.807, 2.05) is 13.0 Å². The second-order valence-corrected chi connectivity index (χ2v) is 11.6. The van der Waals surface area contributed by atoms with E-state index in [1.165, 1.54) is 24.1 Å². The van der Waals surface area contributed by atoms with Crippen molar-refractivity contribution in [1.82, 2.24) is 10.2 Å². The van der Waals surface area contributed by atoms with Crippen LogP contribution in [0.3, 0.4) is 0 Å². The fourth-order valence-corrected chi connectivity index (χ4v) is 6.27. The van der Waals surface area contributed by atoms with E-state index >= 15 is 0 Å². The van der Waals surface area contributed by atoms with Gasteiger partial charge < -0.3 is 10.2 Å². The van der Waals surface area contributed by atoms with Crippen molar-refractivity contribution in [1.29, 1.82) is 0 Å². The number of sulfonamides is 1. The Morgan fingerprint density at radius 1 is 0.947 bits per heavy atom. The molecule has 3 aromatic carbocycles. The molecule has 0 saturated carbocycles. The molecular formula is C28H31Cl2N3O4S. The van der Waals surface area contributed by atoms with Gasteiger partial charge in [-0.15, -0.1) is 0 Å². The average Bonchev–Trinajstić information content (AvgIpc) is 2.89. The Labute approximate surface area is 234 Å². The van der Waals surface area contributed by atoms with Gasteiger partial charge in [0, 0.05) is 29.2 Å². The topological polar surface area (TPSA) is 86.8 Å². The zero-order valence-electron chi connectivity index (χ0n) is 21.7. The van der Waals surface area contributed by atoms with Crippen LogP contribution in [-0.4, -0.2) is 44.8 Å². The Bertz CT molecular complexity index is 1390. The summed E-state index contributed by atoms with van der Waals surface area (Å²) in [5, 5.41) is 3.27. The van der Waals surface area contributed by atoms with Crippen molar-refractivity contribution in [2.75, 3.05) is 17.9 Å². The van der Waals surface area contributed by atoms with E-state index in [4.69, 9.17) is 23.2 Å². The van der Waals surface area contributed by atoms with E-state index in [0.717, 1.165) is 9.87 Å². The number of halogens is 2. The van der Waals surface area contributed by atoms with Crippen molar-refractivity contribution in [2.45, 2.75) is 44.7 Å². The molecule has 1 unspecified atom stereocenters. The molecule has 7 nitrogen and oxygen atoms in total. The summed E-state index contributed by atoms with van der Waals surface area (Å²) in [6.45, 7) is 4.87. The van der Waals surface area contributed by atoms with Crippen LogP contribution in [0.2, 0.25) is 10.0 Å². The molecule has 0 aliphatic carbocycles. The number of amides is 2.